The SMILES string of the molecule is CC1CC(NC(=O)N2CC=C(c3ccc(S(C)(=O)=O)cc3F)CC2)C(=O)N1CC#N. The van der Waals surface area contributed by atoms with Gasteiger partial charge in [0.2, 0.25) is 5.91 Å². The molecule has 0 radical (unpaired) electrons. The van der Waals surface area contributed by atoms with Gasteiger partial charge in [-0.25, -0.2) is 17.6 Å². The lowest BCUT2D eigenvalue weighted by molar-refractivity contribution is -0.129. The summed E-state index contributed by atoms with van der Waals surface area (Å²) in [5.41, 5.74) is 1.01. The fraction of sp³-hybridized carbons (Fsp3) is 0.450. The van der Waals surface area contributed by atoms with Gasteiger partial charge < -0.3 is 15.1 Å². The number of hydrogen-bond donors (Lipinski definition) is 1. The van der Waals surface area contributed by atoms with E-state index in [4.69, 9.17) is 5.26 Å². The molecule has 0 aromatic heterocycles. The fourth-order valence-corrected chi connectivity index (χ4v) is 4.38. The molecule has 2 heterocycles. The molecule has 0 saturated carbocycles. The van der Waals surface area contributed by atoms with Crippen molar-refractivity contribution < 1.29 is 22.4 Å². The van der Waals surface area contributed by atoms with Crippen LogP contribution < -0.4 is 5.32 Å². The monoisotopic (exact) mass is 434 g/mol. The molecule has 2 unspecified atom stereocenters. The van der Waals surface area contributed by atoms with Crippen molar-refractivity contribution in [1.29, 1.82) is 5.26 Å². The number of hydrogen-bond acceptors (Lipinski definition) is 5. The van der Waals surface area contributed by atoms with Crippen LogP contribution in [0.2, 0.25) is 0 Å². The highest BCUT2D eigenvalue weighted by atomic mass is 32.2. The smallest absolute Gasteiger partial charge is 0.318 e. The summed E-state index contributed by atoms with van der Waals surface area (Å²) in [4.78, 5) is 27.8. The van der Waals surface area contributed by atoms with Gasteiger partial charge in [0, 0.05) is 31.0 Å². The lowest BCUT2D eigenvalue weighted by Crippen LogP contribution is -2.49. The predicted molar refractivity (Wildman–Crippen MR) is 107 cm³/mol. The Kier molecular flexibility index (Phi) is 6.12. The Morgan fingerprint density at radius 3 is 2.70 bits per heavy atom. The molecule has 0 aliphatic carbocycles. The number of sulfone groups is 1. The second-order valence-electron chi connectivity index (χ2n) is 7.55. The number of amides is 3. The van der Waals surface area contributed by atoms with E-state index in [-0.39, 0.29) is 36.0 Å². The van der Waals surface area contributed by atoms with E-state index in [2.05, 4.69) is 5.32 Å². The summed E-state index contributed by atoms with van der Waals surface area (Å²) in [5.74, 6) is -0.885. The number of benzene rings is 1. The molecule has 2 aliphatic heterocycles. The number of nitrogens with one attached hydrogen (secondary N) is 1. The van der Waals surface area contributed by atoms with E-state index >= 15 is 0 Å². The average molecular weight is 434 g/mol. The highest BCUT2D eigenvalue weighted by Gasteiger charge is 2.38. The van der Waals surface area contributed by atoms with Crippen molar-refractivity contribution in [3.05, 3.63) is 35.7 Å². The summed E-state index contributed by atoms with van der Waals surface area (Å²) in [5, 5.41) is 11.5. The summed E-state index contributed by atoms with van der Waals surface area (Å²) in [7, 11) is -3.49. The van der Waals surface area contributed by atoms with E-state index in [0.717, 1.165) is 12.3 Å². The summed E-state index contributed by atoms with van der Waals surface area (Å²) in [6.07, 6.45) is 3.59. The second kappa shape index (κ2) is 8.44. The van der Waals surface area contributed by atoms with Crippen LogP contribution in [0.25, 0.3) is 5.57 Å². The first-order chi connectivity index (χ1) is 14.1. The van der Waals surface area contributed by atoms with Gasteiger partial charge >= 0.3 is 6.03 Å². The van der Waals surface area contributed by atoms with Crippen LogP contribution in [0.3, 0.4) is 0 Å². The van der Waals surface area contributed by atoms with E-state index in [1.54, 1.807) is 6.08 Å². The summed E-state index contributed by atoms with van der Waals surface area (Å²) in [6, 6.07) is 4.60. The zero-order valence-electron chi connectivity index (χ0n) is 16.8. The van der Waals surface area contributed by atoms with Gasteiger partial charge in [0.1, 0.15) is 18.4 Å². The van der Waals surface area contributed by atoms with Crippen molar-refractivity contribution in [1.82, 2.24) is 15.1 Å². The number of carbonyl (C=O) groups excluding carboxylic acids is 2. The molecule has 160 valence electrons. The van der Waals surface area contributed by atoms with Gasteiger partial charge in [-0.3, -0.25) is 4.79 Å². The van der Waals surface area contributed by atoms with E-state index < -0.39 is 21.7 Å². The number of nitriles is 1. The molecule has 1 saturated heterocycles. The maximum Gasteiger partial charge on any atom is 0.318 e. The van der Waals surface area contributed by atoms with Crippen LogP contribution in [-0.2, 0) is 14.6 Å². The van der Waals surface area contributed by atoms with Crippen molar-refractivity contribution in [3.8, 4) is 6.07 Å². The Balaban J connectivity index is 1.64. The number of urea groups is 1. The van der Waals surface area contributed by atoms with Crippen molar-refractivity contribution >= 4 is 27.3 Å². The molecule has 2 aliphatic rings. The maximum atomic E-state index is 14.4. The molecule has 1 aromatic rings. The number of carbonyl (C=O) groups is 2. The highest BCUT2D eigenvalue weighted by Crippen LogP contribution is 2.27. The van der Waals surface area contributed by atoms with Crippen molar-refractivity contribution in [2.75, 3.05) is 25.9 Å². The Morgan fingerprint density at radius 1 is 1.40 bits per heavy atom. The van der Waals surface area contributed by atoms with Gasteiger partial charge in [-0.15, -0.1) is 0 Å². The van der Waals surface area contributed by atoms with E-state index in [0.29, 0.717) is 30.5 Å². The molecule has 3 amide bonds. The standard InChI is InChI=1S/C20H23FN4O4S/c1-13-11-18(19(26)25(13)10-7-22)23-20(27)24-8-5-14(6-9-24)16-4-3-15(12-17(16)21)30(2,28)29/h3-5,12-13,18H,6,8-11H2,1-2H3,(H,23,27). The van der Waals surface area contributed by atoms with Crippen molar-refractivity contribution in [2.45, 2.75) is 36.7 Å². The van der Waals surface area contributed by atoms with Crippen molar-refractivity contribution in [2.24, 2.45) is 0 Å². The quantitative estimate of drug-likeness (QED) is 0.723. The third-order valence-electron chi connectivity index (χ3n) is 5.44. The molecular formula is C20H23FN4O4S. The van der Waals surface area contributed by atoms with Gasteiger partial charge in [0.25, 0.3) is 0 Å². The Bertz CT molecular complexity index is 1050. The largest absolute Gasteiger partial charge is 0.326 e. The summed E-state index contributed by atoms with van der Waals surface area (Å²) >= 11 is 0. The minimum absolute atomic E-state index is 0.00807. The molecule has 2 atom stereocenters. The lowest BCUT2D eigenvalue weighted by atomic mass is 9.99. The van der Waals surface area contributed by atoms with Crippen LogP contribution in [-0.4, -0.2) is 68.1 Å². The molecule has 10 heteroatoms. The molecular weight excluding hydrogens is 411 g/mol. The normalized spacial score (nSPS) is 21.9. The number of rotatable bonds is 4. The number of nitrogens with zero attached hydrogens (tertiary/aromatic N) is 3. The molecule has 1 fully saturated rings. The van der Waals surface area contributed by atoms with E-state index in [9.17, 15) is 22.4 Å². The summed E-state index contributed by atoms with van der Waals surface area (Å²) in [6.45, 7) is 2.41. The van der Waals surface area contributed by atoms with Gasteiger partial charge in [-0.1, -0.05) is 12.1 Å². The Morgan fingerprint density at radius 2 is 2.13 bits per heavy atom. The highest BCUT2D eigenvalue weighted by molar-refractivity contribution is 7.90. The van der Waals surface area contributed by atoms with Crippen LogP contribution in [0, 0.1) is 17.1 Å². The van der Waals surface area contributed by atoms with Gasteiger partial charge in [-0.05, 0) is 37.5 Å². The van der Waals surface area contributed by atoms with Crippen LogP contribution in [0.15, 0.2) is 29.2 Å². The third-order valence-corrected chi connectivity index (χ3v) is 6.55. The third kappa shape index (κ3) is 4.46. The van der Waals surface area contributed by atoms with E-state index in [1.807, 2.05) is 13.0 Å². The molecule has 0 spiro atoms. The first-order valence-corrected chi connectivity index (χ1v) is 11.4. The van der Waals surface area contributed by atoms with Crippen LogP contribution >= 0.6 is 0 Å². The Labute approximate surface area is 174 Å². The minimum atomic E-state index is -3.49. The lowest BCUT2D eigenvalue weighted by Gasteiger charge is -2.28. The fourth-order valence-electron chi connectivity index (χ4n) is 3.74. The Hall–Kier alpha value is -2.93. The first kappa shape index (κ1) is 21.8. The molecule has 8 nitrogen and oxygen atoms in total. The average Bonchev–Trinajstić information content (AvgIpc) is 2.95. The van der Waals surface area contributed by atoms with Crippen LogP contribution in [0.5, 0.6) is 0 Å². The molecule has 0 bridgehead atoms. The van der Waals surface area contributed by atoms with Gasteiger partial charge in [0.15, 0.2) is 9.84 Å². The number of halogens is 1. The topological polar surface area (TPSA) is 111 Å². The van der Waals surface area contributed by atoms with Crippen molar-refractivity contribution in [3.63, 3.8) is 0 Å². The maximum absolute atomic E-state index is 14.4. The zero-order valence-corrected chi connectivity index (χ0v) is 17.6. The zero-order chi connectivity index (χ0) is 22.1. The van der Waals surface area contributed by atoms with Gasteiger partial charge in [-0.2, -0.15) is 5.26 Å². The number of likely N-dealkylation sites (tertiary alicyclic amines) is 1. The first-order valence-electron chi connectivity index (χ1n) is 9.53. The second-order valence-corrected chi connectivity index (χ2v) is 9.57. The molecule has 30 heavy (non-hydrogen) atoms. The predicted octanol–water partition coefficient (Wildman–Crippen LogP) is 1.54. The van der Waals surface area contributed by atoms with Crippen LogP contribution in [0.4, 0.5) is 9.18 Å². The molecule has 1 N–H and O–H groups in total. The molecule has 3 rings (SSSR count). The summed E-state index contributed by atoms with van der Waals surface area (Å²) < 4.78 is 37.5. The van der Waals surface area contributed by atoms with Gasteiger partial charge in [0.05, 0.1) is 11.0 Å². The molecule has 1 aromatic carbocycles. The minimum Gasteiger partial charge on any atom is -0.326 e. The van der Waals surface area contributed by atoms with Crippen LogP contribution in [0.1, 0.15) is 25.3 Å². The van der Waals surface area contributed by atoms with E-state index in [1.165, 1.54) is 21.9 Å².